The van der Waals surface area contributed by atoms with Crippen LogP contribution in [0.15, 0.2) is 24.0 Å². The molecule has 2 fully saturated rings. The Hall–Kier alpha value is -1.40. The van der Waals surface area contributed by atoms with Crippen LogP contribution < -0.4 is 4.90 Å². The van der Waals surface area contributed by atoms with E-state index >= 15 is 0 Å². The Labute approximate surface area is 141 Å². The minimum Gasteiger partial charge on any atom is -0.346 e. The average Bonchev–Trinajstić information content (AvgIpc) is 3.28. The topological polar surface area (TPSA) is 37.2 Å². The lowest BCUT2D eigenvalue weighted by Crippen LogP contribution is -2.45. The molecule has 1 saturated heterocycles. The van der Waals surface area contributed by atoms with Gasteiger partial charge in [0.25, 0.3) is 0 Å². The molecule has 1 aliphatic heterocycles. The second kappa shape index (κ2) is 7.01. The third-order valence-electron chi connectivity index (χ3n) is 5.07. The number of aromatic nitrogens is 3. The molecule has 1 saturated carbocycles. The van der Waals surface area contributed by atoms with Gasteiger partial charge in [-0.05, 0) is 12.8 Å². The number of hydrogen-bond acceptors (Lipinski definition) is 5. The lowest BCUT2D eigenvalue weighted by Gasteiger charge is -2.34. The molecule has 0 radical (unpaired) electrons. The molecule has 4 rings (SSSR count). The fraction of sp³-hybridized carbons (Fsp3) is 0.647. The first-order valence-electron chi connectivity index (χ1n) is 8.78. The molecule has 23 heavy (non-hydrogen) atoms. The highest BCUT2D eigenvalue weighted by Crippen LogP contribution is 2.27. The van der Waals surface area contributed by atoms with Gasteiger partial charge in [-0.2, -0.15) is 5.10 Å². The number of nitrogens with zero attached hydrogens (tertiary/aromatic N) is 5. The summed E-state index contributed by atoms with van der Waals surface area (Å²) in [7, 11) is 0. The average molecular weight is 331 g/mol. The maximum Gasteiger partial charge on any atom is 0.185 e. The van der Waals surface area contributed by atoms with Crippen molar-refractivity contribution in [1.29, 1.82) is 0 Å². The monoisotopic (exact) mass is 331 g/mol. The molecule has 0 bridgehead atoms. The standard InChI is InChI=1S/C17H25N5S/c1-2-4-16(5-3-1)22-14-15(12-19-22)13-20-7-9-21(10-8-20)17-18-6-11-23-17/h6,11-12,14,16H,1-5,7-10,13H2. The number of anilines is 1. The predicted octanol–water partition coefficient (Wildman–Crippen LogP) is 3.17. The van der Waals surface area contributed by atoms with Crippen LogP contribution in [0, 0.1) is 0 Å². The number of hydrogen-bond donors (Lipinski definition) is 0. The van der Waals surface area contributed by atoms with Crippen molar-refractivity contribution in [3.63, 3.8) is 0 Å². The van der Waals surface area contributed by atoms with Crippen LogP contribution in [0.25, 0.3) is 0 Å². The fourth-order valence-corrected chi connectivity index (χ4v) is 4.43. The largest absolute Gasteiger partial charge is 0.346 e. The number of thiazole rings is 1. The van der Waals surface area contributed by atoms with E-state index < -0.39 is 0 Å². The van der Waals surface area contributed by atoms with E-state index in [0.29, 0.717) is 6.04 Å². The van der Waals surface area contributed by atoms with Crippen LogP contribution in [-0.2, 0) is 6.54 Å². The van der Waals surface area contributed by atoms with E-state index in [0.717, 1.165) is 37.9 Å². The minimum absolute atomic E-state index is 0.638. The summed E-state index contributed by atoms with van der Waals surface area (Å²) in [6.45, 7) is 5.38. The number of piperazine rings is 1. The second-order valence-electron chi connectivity index (χ2n) is 6.70. The summed E-state index contributed by atoms with van der Waals surface area (Å²) in [6, 6.07) is 0.638. The molecule has 6 heteroatoms. The van der Waals surface area contributed by atoms with Crippen LogP contribution in [0.2, 0.25) is 0 Å². The molecule has 1 aliphatic carbocycles. The third kappa shape index (κ3) is 3.58. The van der Waals surface area contributed by atoms with Crippen molar-refractivity contribution in [3.8, 4) is 0 Å². The molecule has 0 N–H and O–H groups in total. The van der Waals surface area contributed by atoms with E-state index in [2.05, 4.69) is 42.3 Å². The van der Waals surface area contributed by atoms with Gasteiger partial charge in [-0.1, -0.05) is 19.3 Å². The minimum atomic E-state index is 0.638. The van der Waals surface area contributed by atoms with Gasteiger partial charge in [0, 0.05) is 56.1 Å². The van der Waals surface area contributed by atoms with Crippen molar-refractivity contribution in [2.24, 2.45) is 0 Å². The van der Waals surface area contributed by atoms with E-state index in [1.807, 2.05) is 6.20 Å². The highest BCUT2D eigenvalue weighted by atomic mass is 32.1. The van der Waals surface area contributed by atoms with Crippen molar-refractivity contribution in [3.05, 3.63) is 29.5 Å². The maximum absolute atomic E-state index is 4.63. The summed E-state index contributed by atoms with van der Waals surface area (Å²) in [5, 5.41) is 7.85. The SMILES string of the molecule is c1csc(N2CCN(Cc3cnn(C4CCCCC4)c3)CC2)n1. The summed E-state index contributed by atoms with van der Waals surface area (Å²) in [4.78, 5) is 9.35. The quantitative estimate of drug-likeness (QED) is 0.862. The van der Waals surface area contributed by atoms with Crippen molar-refractivity contribution in [1.82, 2.24) is 19.7 Å². The first-order valence-corrected chi connectivity index (χ1v) is 9.66. The van der Waals surface area contributed by atoms with Crippen molar-refractivity contribution >= 4 is 16.5 Å². The first kappa shape index (κ1) is 15.1. The molecule has 0 spiro atoms. The molecule has 3 heterocycles. The molecule has 0 amide bonds. The Morgan fingerprint density at radius 2 is 1.91 bits per heavy atom. The second-order valence-corrected chi connectivity index (χ2v) is 7.57. The van der Waals surface area contributed by atoms with Crippen LogP contribution in [0.3, 0.4) is 0 Å². The molecule has 2 aromatic heterocycles. The Balaban J connectivity index is 1.30. The van der Waals surface area contributed by atoms with E-state index in [1.165, 1.54) is 37.7 Å². The van der Waals surface area contributed by atoms with E-state index in [-0.39, 0.29) is 0 Å². The molecular formula is C17H25N5S. The summed E-state index contributed by atoms with van der Waals surface area (Å²) in [5.41, 5.74) is 1.36. The van der Waals surface area contributed by atoms with Crippen LogP contribution in [-0.4, -0.2) is 45.8 Å². The van der Waals surface area contributed by atoms with Gasteiger partial charge >= 0.3 is 0 Å². The van der Waals surface area contributed by atoms with Crippen molar-refractivity contribution in [2.75, 3.05) is 31.1 Å². The van der Waals surface area contributed by atoms with Gasteiger partial charge in [-0.25, -0.2) is 4.98 Å². The fourth-order valence-electron chi connectivity index (χ4n) is 3.73. The van der Waals surface area contributed by atoms with Crippen LogP contribution in [0.5, 0.6) is 0 Å². The van der Waals surface area contributed by atoms with Gasteiger partial charge in [-0.3, -0.25) is 9.58 Å². The Kier molecular flexibility index (Phi) is 4.62. The summed E-state index contributed by atoms with van der Waals surface area (Å²) < 4.78 is 2.22. The van der Waals surface area contributed by atoms with Crippen molar-refractivity contribution < 1.29 is 0 Å². The molecular weight excluding hydrogens is 306 g/mol. The predicted molar refractivity (Wildman–Crippen MR) is 94.0 cm³/mol. The lowest BCUT2D eigenvalue weighted by atomic mass is 9.96. The Morgan fingerprint density at radius 3 is 2.65 bits per heavy atom. The maximum atomic E-state index is 4.63. The molecule has 5 nitrogen and oxygen atoms in total. The molecule has 2 aliphatic rings. The van der Waals surface area contributed by atoms with E-state index in [9.17, 15) is 0 Å². The van der Waals surface area contributed by atoms with Crippen LogP contribution in [0.4, 0.5) is 5.13 Å². The summed E-state index contributed by atoms with van der Waals surface area (Å²) in [5.74, 6) is 0. The van der Waals surface area contributed by atoms with Gasteiger partial charge in [-0.15, -0.1) is 11.3 Å². The lowest BCUT2D eigenvalue weighted by molar-refractivity contribution is 0.249. The highest BCUT2D eigenvalue weighted by molar-refractivity contribution is 7.13. The van der Waals surface area contributed by atoms with Gasteiger partial charge in [0.1, 0.15) is 0 Å². The van der Waals surface area contributed by atoms with E-state index in [4.69, 9.17) is 0 Å². The van der Waals surface area contributed by atoms with Crippen molar-refractivity contribution in [2.45, 2.75) is 44.7 Å². The van der Waals surface area contributed by atoms with Gasteiger partial charge in [0.05, 0.1) is 12.2 Å². The zero-order valence-corrected chi connectivity index (χ0v) is 14.4. The molecule has 2 aromatic rings. The molecule has 0 aromatic carbocycles. The molecule has 124 valence electrons. The normalized spacial score (nSPS) is 21.0. The van der Waals surface area contributed by atoms with Gasteiger partial charge < -0.3 is 4.90 Å². The van der Waals surface area contributed by atoms with E-state index in [1.54, 1.807) is 11.3 Å². The number of rotatable bonds is 4. The zero-order valence-electron chi connectivity index (χ0n) is 13.6. The highest BCUT2D eigenvalue weighted by Gasteiger charge is 2.20. The van der Waals surface area contributed by atoms with Crippen LogP contribution >= 0.6 is 11.3 Å². The Bertz CT molecular complexity index is 594. The first-order chi connectivity index (χ1) is 11.4. The molecule has 0 atom stereocenters. The Morgan fingerprint density at radius 1 is 1.09 bits per heavy atom. The smallest absolute Gasteiger partial charge is 0.185 e. The van der Waals surface area contributed by atoms with Gasteiger partial charge in [0.15, 0.2) is 5.13 Å². The zero-order chi connectivity index (χ0) is 15.5. The summed E-state index contributed by atoms with van der Waals surface area (Å²) in [6.07, 6.45) is 13.0. The van der Waals surface area contributed by atoms with Gasteiger partial charge in [0.2, 0.25) is 0 Å². The third-order valence-corrected chi connectivity index (χ3v) is 5.90. The van der Waals surface area contributed by atoms with Crippen LogP contribution in [0.1, 0.15) is 43.7 Å². The summed E-state index contributed by atoms with van der Waals surface area (Å²) >= 11 is 1.74. The molecule has 0 unspecified atom stereocenters.